The van der Waals surface area contributed by atoms with Crippen LogP contribution in [0.5, 0.6) is 0 Å². The molecule has 0 aromatic rings. The van der Waals surface area contributed by atoms with Crippen LogP contribution >= 0.6 is 23.5 Å². The highest BCUT2D eigenvalue weighted by Crippen LogP contribution is 2.63. The van der Waals surface area contributed by atoms with E-state index in [0.29, 0.717) is 0 Å². The molecule has 2 N–H and O–H groups in total. The van der Waals surface area contributed by atoms with E-state index in [0.717, 1.165) is 46.8 Å². The van der Waals surface area contributed by atoms with Gasteiger partial charge in [-0.05, 0) is 60.7 Å². The van der Waals surface area contributed by atoms with E-state index in [4.69, 9.17) is 4.74 Å². The van der Waals surface area contributed by atoms with E-state index >= 15 is 0 Å². The Hall–Kier alpha value is -0.780. The first-order valence-electron chi connectivity index (χ1n) is 10.8. The monoisotopic (exact) mass is 436 g/mol. The second-order valence-corrected chi connectivity index (χ2v) is 12.0. The predicted octanol–water partition coefficient (Wildman–Crippen LogP) is 6.58. The molecule has 3 nitrogen and oxygen atoms in total. The summed E-state index contributed by atoms with van der Waals surface area (Å²) in [6.45, 7) is 15.0. The van der Waals surface area contributed by atoms with E-state index in [1.807, 2.05) is 13.0 Å². The normalized spacial score (nSPS) is 29.1. The second-order valence-electron chi connectivity index (χ2n) is 9.15. The zero-order chi connectivity index (χ0) is 21.6. The fraction of sp³-hybridized carbons (Fsp3) is 0.667. The van der Waals surface area contributed by atoms with Crippen molar-refractivity contribution in [2.75, 3.05) is 11.5 Å². The molecule has 3 rings (SSSR count). The van der Waals surface area contributed by atoms with Crippen molar-refractivity contribution in [3.05, 3.63) is 46.0 Å². The van der Waals surface area contributed by atoms with Crippen molar-refractivity contribution in [3.63, 3.8) is 0 Å². The first-order valence-corrected chi connectivity index (χ1v) is 12.7. The Morgan fingerprint density at radius 3 is 2.45 bits per heavy atom. The lowest BCUT2D eigenvalue weighted by Gasteiger charge is -2.39. The van der Waals surface area contributed by atoms with Crippen LogP contribution in [0, 0.1) is 17.3 Å². The van der Waals surface area contributed by atoms with Gasteiger partial charge >= 0.3 is 0 Å². The van der Waals surface area contributed by atoms with Gasteiger partial charge in [-0.15, -0.1) is 23.5 Å². The van der Waals surface area contributed by atoms with Gasteiger partial charge in [0.25, 0.3) is 0 Å². The summed E-state index contributed by atoms with van der Waals surface area (Å²) in [4.78, 5) is 0. The zero-order valence-electron chi connectivity index (χ0n) is 18.8. The van der Waals surface area contributed by atoms with Crippen LogP contribution in [0.3, 0.4) is 0 Å². The summed E-state index contributed by atoms with van der Waals surface area (Å²) in [5.41, 5.74) is 4.17. The minimum Gasteiger partial charge on any atom is -0.509 e. The van der Waals surface area contributed by atoms with Crippen LogP contribution in [0.2, 0.25) is 0 Å². The number of aliphatic hydroxyl groups is 2. The van der Waals surface area contributed by atoms with E-state index in [2.05, 4.69) is 47.6 Å². The molecule has 3 aliphatic rings. The highest BCUT2D eigenvalue weighted by Gasteiger charge is 2.59. The van der Waals surface area contributed by atoms with Gasteiger partial charge in [0.2, 0.25) is 4.27 Å². The largest absolute Gasteiger partial charge is 0.509 e. The van der Waals surface area contributed by atoms with Crippen LogP contribution in [-0.2, 0) is 4.74 Å². The molecule has 2 atom stereocenters. The summed E-state index contributed by atoms with van der Waals surface area (Å²) in [5.74, 6) is 2.89. The van der Waals surface area contributed by atoms with Gasteiger partial charge in [0.15, 0.2) is 0 Å². The number of hydrogen-bond acceptors (Lipinski definition) is 5. The van der Waals surface area contributed by atoms with Crippen molar-refractivity contribution in [2.24, 2.45) is 17.3 Å². The standard InChI is InChI=1S/C24H36O3S2/c1-8-11-16-17(14(3)4)20(25)21(26)19-18(16)22(15(5)23(6,7)9-2)27-24(19)28-12-10-13-29-24/h8,11,14,19,21,25-26H,9-10,12-13H2,1-7H3/b11-8+,22-15-. The fourth-order valence-electron chi connectivity index (χ4n) is 4.39. The molecular formula is C24H36O3S2. The van der Waals surface area contributed by atoms with Crippen molar-refractivity contribution >= 4 is 23.5 Å². The summed E-state index contributed by atoms with van der Waals surface area (Å²) < 4.78 is 6.25. The maximum absolute atomic E-state index is 11.3. The lowest BCUT2D eigenvalue weighted by atomic mass is 9.74. The summed E-state index contributed by atoms with van der Waals surface area (Å²) in [6.07, 6.45) is 5.33. The third-order valence-electron chi connectivity index (χ3n) is 6.68. The molecule has 0 aromatic heterocycles. The SMILES string of the molecule is C/C=C/C1=C2C(=C(\C)C(C)(C)CC)/OC3(SCCCS3)C2C(O)C(O)=C1C(C)C. The molecule has 1 spiro atoms. The molecule has 0 bridgehead atoms. The minimum atomic E-state index is -0.940. The van der Waals surface area contributed by atoms with E-state index in [1.54, 1.807) is 23.5 Å². The summed E-state index contributed by atoms with van der Waals surface area (Å²) in [7, 11) is 0. The molecule has 0 radical (unpaired) electrons. The highest BCUT2D eigenvalue weighted by molar-refractivity contribution is 8.18. The molecule has 2 saturated heterocycles. The third-order valence-corrected chi connectivity index (χ3v) is 9.85. The van der Waals surface area contributed by atoms with Gasteiger partial charge in [-0.25, -0.2) is 0 Å². The van der Waals surface area contributed by atoms with Gasteiger partial charge in [-0.3, -0.25) is 0 Å². The number of thioether (sulfide) groups is 2. The summed E-state index contributed by atoms with van der Waals surface area (Å²) >= 11 is 3.58. The number of aliphatic hydroxyl groups excluding tert-OH is 2. The molecular weight excluding hydrogens is 400 g/mol. The van der Waals surface area contributed by atoms with E-state index in [-0.39, 0.29) is 23.0 Å². The Morgan fingerprint density at radius 2 is 1.93 bits per heavy atom. The minimum absolute atomic E-state index is 0.00436. The highest BCUT2D eigenvalue weighted by atomic mass is 32.2. The van der Waals surface area contributed by atoms with Gasteiger partial charge in [0, 0.05) is 11.1 Å². The first-order chi connectivity index (χ1) is 13.6. The van der Waals surface area contributed by atoms with Crippen LogP contribution in [0.15, 0.2) is 46.0 Å². The third kappa shape index (κ3) is 3.72. The molecule has 5 heteroatoms. The van der Waals surface area contributed by atoms with Crippen molar-refractivity contribution in [3.8, 4) is 0 Å². The topological polar surface area (TPSA) is 49.7 Å². The van der Waals surface area contributed by atoms with Crippen molar-refractivity contribution in [1.29, 1.82) is 0 Å². The lowest BCUT2D eigenvalue weighted by molar-refractivity contribution is 0.0657. The predicted molar refractivity (Wildman–Crippen MR) is 126 cm³/mol. The van der Waals surface area contributed by atoms with Gasteiger partial charge in [0.1, 0.15) is 17.6 Å². The molecule has 0 aromatic carbocycles. The smallest absolute Gasteiger partial charge is 0.211 e. The second kappa shape index (κ2) is 8.39. The number of ether oxygens (including phenoxy) is 1. The maximum Gasteiger partial charge on any atom is 0.211 e. The van der Waals surface area contributed by atoms with Crippen LogP contribution < -0.4 is 0 Å². The Balaban J connectivity index is 2.36. The van der Waals surface area contributed by atoms with Crippen molar-refractivity contribution in [1.82, 2.24) is 0 Å². The van der Waals surface area contributed by atoms with Gasteiger partial charge in [0.05, 0.1) is 5.92 Å². The average molecular weight is 437 g/mol. The Bertz CT molecular complexity index is 780. The lowest BCUT2D eigenvalue weighted by Crippen LogP contribution is -2.42. The van der Waals surface area contributed by atoms with E-state index < -0.39 is 10.4 Å². The van der Waals surface area contributed by atoms with E-state index in [1.165, 1.54) is 5.57 Å². The molecule has 0 amide bonds. The van der Waals surface area contributed by atoms with Crippen molar-refractivity contribution < 1.29 is 14.9 Å². The number of allylic oxidation sites excluding steroid dienone is 6. The van der Waals surface area contributed by atoms with E-state index in [9.17, 15) is 10.2 Å². The Labute approximate surface area is 184 Å². The molecule has 2 heterocycles. The zero-order valence-corrected chi connectivity index (χ0v) is 20.5. The maximum atomic E-state index is 11.3. The van der Waals surface area contributed by atoms with Gasteiger partial charge in [-0.1, -0.05) is 46.8 Å². The average Bonchev–Trinajstić information content (AvgIpc) is 3.00. The molecule has 162 valence electrons. The fourth-order valence-corrected chi connectivity index (χ4v) is 7.69. The molecule has 29 heavy (non-hydrogen) atoms. The molecule has 1 aliphatic carbocycles. The molecule has 2 unspecified atom stereocenters. The van der Waals surface area contributed by atoms with Crippen LogP contribution in [0.25, 0.3) is 0 Å². The number of fused-ring (bicyclic) bond motifs is 2. The summed E-state index contributed by atoms with van der Waals surface area (Å²) in [5, 5.41) is 22.4. The van der Waals surface area contributed by atoms with Gasteiger partial charge < -0.3 is 14.9 Å². The summed E-state index contributed by atoms with van der Waals surface area (Å²) in [6, 6.07) is 0. The Morgan fingerprint density at radius 1 is 1.31 bits per heavy atom. The first kappa shape index (κ1) is 22.9. The Kier molecular flexibility index (Phi) is 6.63. The molecule has 2 aliphatic heterocycles. The molecule has 2 fully saturated rings. The van der Waals surface area contributed by atoms with Gasteiger partial charge in [-0.2, -0.15) is 0 Å². The van der Waals surface area contributed by atoms with Crippen LogP contribution in [0.1, 0.15) is 61.3 Å². The number of rotatable bonds is 4. The quantitative estimate of drug-likeness (QED) is 0.521. The van der Waals surface area contributed by atoms with Crippen LogP contribution in [0.4, 0.5) is 0 Å². The van der Waals surface area contributed by atoms with Crippen LogP contribution in [-0.4, -0.2) is 32.1 Å². The van der Waals surface area contributed by atoms with Crippen molar-refractivity contribution in [2.45, 2.75) is 71.7 Å². The number of hydrogen-bond donors (Lipinski definition) is 2. The molecule has 0 saturated carbocycles.